The van der Waals surface area contributed by atoms with Gasteiger partial charge in [-0.3, -0.25) is 9.10 Å². The molecule has 156 valence electrons. The number of aromatic amines is 1. The zero-order valence-electron chi connectivity index (χ0n) is 16.3. The number of sulfonamides is 1. The summed E-state index contributed by atoms with van der Waals surface area (Å²) in [5, 5.41) is 3.34. The van der Waals surface area contributed by atoms with Crippen LogP contribution in [0.3, 0.4) is 0 Å². The fourth-order valence-electron chi connectivity index (χ4n) is 3.06. The number of thiophene rings is 1. The number of nitrogens with one attached hydrogen (secondary N) is 1. The van der Waals surface area contributed by atoms with Crippen LogP contribution in [0.15, 0.2) is 52.2 Å². The number of fused-ring (bicyclic) bond motifs is 1. The van der Waals surface area contributed by atoms with Crippen LogP contribution in [-0.4, -0.2) is 38.0 Å². The maximum absolute atomic E-state index is 12.9. The zero-order valence-corrected chi connectivity index (χ0v) is 18.7. The molecule has 4 aromatic rings. The highest BCUT2D eigenvalue weighted by atomic mass is 32.2. The second kappa shape index (κ2) is 8.21. The molecule has 1 aromatic carbocycles. The first-order chi connectivity index (χ1) is 14.4. The number of ether oxygens (including phenoxy) is 1. The Balaban J connectivity index is 1.68. The predicted molar refractivity (Wildman–Crippen MR) is 120 cm³/mol. The van der Waals surface area contributed by atoms with Gasteiger partial charge >= 0.3 is 5.97 Å². The molecule has 30 heavy (non-hydrogen) atoms. The summed E-state index contributed by atoms with van der Waals surface area (Å²) in [5.41, 5.74) is 2.02. The molecule has 0 fully saturated rings. The second-order valence-corrected chi connectivity index (χ2v) is 10.7. The summed E-state index contributed by atoms with van der Waals surface area (Å²) in [6.45, 7) is 2.12. The number of para-hydroxylation sites is 1. The minimum Gasteiger partial charge on any atom is -0.466 e. The van der Waals surface area contributed by atoms with E-state index >= 15 is 0 Å². The molecule has 0 atom stereocenters. The Bertz CT molecular complexity index is 1290. The van der Waals surface area contributed by atoms with Gasteiger partial charge in [0, 0.05) is 23.5 Å². The second-order valence-electron chi connectivity index (χ2n) is 6.44. The lowest BCUT2D eigenvalue weighted by atomic mass is 10.2. The minimum absolute atomic E-state index is 0.179. The smallest absolute Gasteiger partial charge is 0.311 e. The summed E-state index contributed by atoms with van der Waals surface area (Å²) in [6, 6.07) is 10.7. The molecule has 0 saturated carbocycles. The van der Waals surface area contributed by atoms with Gasteiger partial charge in [0.15, 0.2) is 0 Å². The summed E-state index contributed by atoms with van der Waals surface area (Å²) >= 11 is 2.59. The third-order valence-electron chi connectivity index (χ3n) is 4.49. The largest absolute Gasteiger partial charge is 0.466 e. The van der Waals surface area contributed by atoms with E-state index in [0.29, 0.717) is 17.8 Å². The van der Waals surface area contributed by atoms with Gasteiger partial charge in [0.05, 0.1) is 29.9 Å². The first-order valence-electron chi connectivity index (χ1n) is 9.15. The van der Waals surface area contributed by atoms with Crippen molar-refractivity contribution < 1.29 is 17.9 Å². The van der Waals surface area contributed by atoms with Crippen molar-refractivity contribution >= 4 is 55.3 Å². The highest BCUT2D eigenvalue weighted by Gasteiger charge is 2.24. The number of aromatic nitrogens is 2. The van der Waals surface area contributed by atoms with Gasteiger partial charge in [-0.25, -0.2) is 13.4 Å². The van der Waals surface area contributed by atoms with Crippen LogP contribution < -0.4 is 4.31 Å². The van der Waals surface area contributed by atoms with Crippen molar-refractivity contribution in [1.82, 2.24) is 9.97 Å². The van der Waals surface area contributed by atoms with Crippen LogP contribution in [-0.2, 0) is 26.0 Å². The van der Waals surface area contributed by atoms with Gasteiger partial charge in [0.2, 0.25) is 0 Å². The molecule has 0 radical (unpaired) electrons. The van der Waals surface area contributed by atoms with Crippen LogP contribution >= 0.6 is 22.7 Å². The van der Waals surface area contributed by atoms with Crippen LogP contribution in [0, 0.1) is 0 Å². The molecular weight excluding hydrogens is 442 g/mol. The molecule has 3 heterocycles. The van der Waals surface area contributed by atoms with E-state index in [2.05, 4.69) is 9.97 Å². The van der Waals surface area contributed by atoms with Crippen molar-refractivity contribution in [3.05, 3.63) is 52.9 Å². The van der Waals surface area contributed by atoms with Gasteiger partial charge in [-0.2, -0.15) is 0 Å². The van der Waals surface area contributed by atoms with Crippen LogP contribution in [0.25, 0.3) is 21.6 Å². The molecule has 0 aliphatic rings. The summed E-state index contributed by atoms with van der Waals surface area (Å²) in [4.78, 5) is 20.2. The molecule has 0 unspecified atom stereocenters. The average Bonchev–Trinajstić information content (AvgIpc) is 3.46. The van der Waals surface area contributed by atoms with E-state index in [-0.39, 0.29) is 16.6 Å². The Morgan fingerprint density at radius 3 is 2.83 bits per heavy atom. The molecular formula is C20H19N3O4S3. The number of anilines is 1. The summed E-state index contributed by atoms with van der Waals surface area (Å²) < 4.78 is 32.4. The molecule has 0 saturated heterocycles. The third kappa shape index (κ3) is 3.85. The highest BCUT2D eigenvalue weighted by molar-refractivity contribution is 7.94. The summed E-state index contributed by atoms with van der Waals surface area (Å²) in [5.74, 6) is -0.285. The lowest BCUT2D eigenvalue weighted by molar-refractivity contribution is -0.142. The van der Waals surface area contributed by atoms with Crippen molar-refractivity contribution in [2.75, 3.05) is 18.0 Å². The third-order valence-corrected chi connectivity index (χ3v) is 8.67. The van der Waals surface area contributed by atoms with E-state index in [1.807, 2.05) is 18.2 Å². The fraction of sp³-hybridized carbons (Fsp3) is 0.200. The van der Waals surface area contributed by atoms with Crippen LogP contribution in [0.2, 0.25) is 0 Å². The van der Waals surface area contributed by atoms with E-state index in [9.17, 15) is 13.2 Å². The molecule has 0 amide bonds. The van der Waals surface area contributed by atoms with Crippen molar-refractivity contribution in [3.63, 3.8) is 0 Å². The van der Waals surface area contributed by atoms with Crippen molar-refractivity contribution in [1.29, 1.82) is 0 Å². The Morgan fingerprint density at radius 1 is 1.27 bits per heavy atom. The topological polar surface area (TPSA) is 92.4 Å². The van der Waals surface area contributed by atoms with E-state index in [0.717, 1.165) is 21.0 Å². The number of carbonyl (C=O) groups excluding carboxylic acids is 1. The van der Waals surface area contributed by atoms with Gasteiger partial charge in [0.1, 0.15) is 9.22 Å². The Hall–Kier alpha value is -2.69. The molecule has 10 heteroatoms. The number of thiazole rings is 1. The maximum Gasteiger partial charge on any atom is 0.311 e. The standard InChI is InChI=1S/C20H19N3O4S3/c1-3-27-17(24)11-14-12-21-20(29-14)15-10-13-6-4-7-16(19(13)22-15)23(2)30(25,26)18-8-5-9-28-18/h4-10,12,22H,3,11H2,1-2H3. The zero-order chi connectivity index (χ0) is 21.3. The predicted octanol–water partition coefficient (Wildman–Crippen LogP) is 4.28. The van der Waals surface area contributed by atoms with Gasteiger partial charge < -0.3 is 9.72 Å². The molecule has 0 aliphatic carbocycles. The highest BCUT2D eigenvalue weighted by Crippen LogP contribution is 2.34. The molecule has 4 rings (SSSR count). The van der Waals surface area contributed by atoms with Gasteiger partial charge in [0.25, 0.3) is 10.0 Å². The van der Waals surface area contributed by atoms with E-state index in [1.165, 1.54) is 27.0 Å². The van der Waals surface area contributed by atoms with Gasteiger partial charge in [-0.1, -0.05) is 18.2 Å². The van der Waals surface area contributed by atoms with Crippen molar-refractivity contribution in [2.24, 2.45) is 0 Å². The fourth-order valence-corrected chi connectivity index (χ4v) is 6.30. The number of benzene rings is 1. The number of hydrogen-bond acceptors (Lipinski definition) is 7. The van der Waals surface area contributed by atoms with Crippen LogP contribution in [0.5, 0.6) is 0 Å². The Labute approximate surface area is 182 Å². The number of esters is 1. The molecule has 0 bridgehead atoms. The molecule has 1 N–H and O–H groups in total. The van der Waals surface area contributed by atoms with E-state index in [1.54, 1.807) is 43.7 Å². The quantitative estimate of drug-likeness (QED) is 0.415. The summed E-state index contributed by atoms with van der Waals surface area (Å²) in [7, 11) is -2.10. The number of carbonyl (C=O) groups is 1. The summed E-state index contributed by atoms with van der Waals surface area (Å²) in [6.07, 6.45) is 1.84. The SMILES string of the molecule is CCOC(=O)Cc1cnc(-c2cc3cccc(N(C)S(=O)(=O)c4cccs4)c3[nH]2)s1. The van der Waals surface area contributed by atoms with Crippen LogP contribution in [0.4, 0.5) is 5.69 Å². The minimum atomic E-state index is -3.64. The molecule has 0 aliphatic heterocycles. The molecule has 0 spiro atoms. The molecule has 7 nitrogen and oxygen atoms in total. The number of H-pyrrole nitrogens is 1. The van der Waals surface area contributed by atoms with Crippen LogP contribution in [0.1, 0.15) is 11.8 Å². The maximum atomic E-state index is 12.9. The van der Waals surface area contributed by atoms with E-state index < -0.39 is 10.0 Å². The molecule has 3 aromatic heterocycles. The average molecular weight is 462 g/mol. The first-order valence-corrected chi connectivity index (χ1v) is 12.3. The lowest BCUT2D eigenvalue weighted by Gasteiger charge is -2.19. The number of nitrogens with zero attached hydrogens (tertiary/aromatic N) is 2. The van der Waals surface area contributed by atoms with Crippen molar-refractivity contribution in [2.45, 2.75) is 17.6 Å². The number of rotatable bonds is 7. The van der Waals surface area contributed by atoms with E-state index in [4.69, 9.17) is 4.74 Å². The first kappa shape index (κ1) is 20.6. The van der Waals surface area contributed by atoms with Crippen molar-refractivity contribution in [3.8, 4) is 10.7 Å². The van der Waals surface area contributed by atoms with Gasteiger partial charge in [-0.15, -0.1) is 22.7 Å². The Morgan fingerprint density at radius 2 is 2.10 bits per heavy atom. The lowest BCUT2D eigenvalue weighted by Crippen LogP contribution is -2.26. The van der Waals surface area contributed by atoms with Gasteiger partial charge in [-0.05, 0) is 30.5 Å². The Kier molecular flexibility index (Phi) is 5.63. The normalized spacial score (nSPS) is 11.7. The number of hydrogen-bond donors (Lipinski definition) is 1. The monoisotopic (exact) mass is 461 g/mol.